The fourth-order valence-corrected chi connectivity index (χ4v) is 5.96. The number of fused-ring (bicyclic) bond motifs is 3. The van der Waals surface area contributed by atoms with Crippen LogP contribution in [0.15, 0.2) is 71.6 Å². The van der Waals surface area contributed by atoms with E-state index in [9.17, 15) is 27.5 Å². The Morgan fingerprint density at radius 2 is 1.84 bits per heavy atom. The number of hydrazine groups is 1. The maximum Gasteiger partial charge on any atom is 0.393 e. The lowest BCUT2D eigenvalue weighted by molar-refractivity contribution is -0.167. The molecule has 5 rings (SSSR count). The Labute approximate surface area is 219 Å². The summed E-state index contributed by atoms with van der Waals surface area (Å²) in [5.41, 5.74) is 6.88. The number of alkyl halides is 3. The number of aliphatic hydroxyl groups is 1. The van der Waals surface area contributed by atoms with E-state index in [-0.39, 0.29) is 5.82 Å². The molecule has 1 fully saturated rings. The number of carbonyl (C=O) groups is 1. The fourth-order valence-electron chi connectivity index (χ4n) is 5.96. The minimum absolute atomic E-state index is 0.311. The lowest BCUT2D eigenvalue weighted by Gasteiger charge is -2.40. The average Bonchev–Trinajstić information content (AvgIpc) is 3.38. The van der Waals surface area contributed by atoms with Gasteiger partial charge >= 0.3 is 6.18 Å². The molecule has 2 aromatic rings. The summed E-state index contributed by atoms with van der Waals surface area (Å²) in [5.74, 6) is -2.51. The predicted octanol–water partition coefficient (Wildman–Crippen LogP) is 5.78. The highest BCUT2D eigenvalue weighted by Gasteiger charge is 2.57. The molecule has 3 N–H and O–H groups in total. The molecule has 1 amide bonds. The van der Waals surface area contributed by atoms with Gasteiger partial charge in [0.1, 0.15) is 5.82 Å². The van der Waals surface area contributed by atoms with Gasteiger partial charge in [0, 0.05) is 30.1 Å². The number of carbonyl (C=O) groups excluding carboxylic acids is 1. The number of hydrogen-bond donors (Lipinski definition) is 3. The molecule has 1 heterocycles. The molecule has 9 heteroatoms. The minimum Gasteiger partial charge on any atom is -0.389 e. The highest BCUT2D eigenvalue weighted by Crippen LogP contribution is 2.60. The van der Waals surface area contributed by atoms with Gasteiger partial charge < -0.3 is 15.8 Å². The second-order valence-electron chi connectivity index (χ2n) is 11.0. The number of nitrogens with one attached hydrogen (secondary N) is 2. The summed E-state index contributed by atoms with van der Waals surface area (Å²) in [5, 5.41) is 16.3. The van der Waals surface area contributed by atoms with Crippen molar-refractivity contribution >= 4 is 11.6 Å². The number of benzene rings is 2. The molecule has 2 bridgehead atoms. The molecule has 38 heavy (non-hydrogen) atoms. The first-order valence-corrected chi connectivity index (χ1v) is 12.8. The number of aryl methyl sites for hydroxylation is 1. The van der Waals surface area contributed by atoms with Crippen molar-refractivity contribution in [2.75, 3.05) is 11.6 Å². The van der Waals surface area contributed by atoms with Gasteiger partial charge in [0.05, 0.1) is 22.9 Å². The topological polar surface area (TPSA) is 64.6 Å². The molecule has 2 aromatic carbocycles. The van der Waals surface area contributed by atoms with Gasteiger partial charge in [0.25, 0.3) is 5.91 Å². The summed E-state index contributed by atoms with van der Waals surface area (Å²) in [6, 6.07) is 13.1. The summed E-state index contributed by atoms with van der Waals surface area (Å²) in [6.45, 7) is 2.62. The number of allylic oxidation sites excluding steroid dienone is 1. The third-order valence-electron chi connectivity index (χ3n) is 8.33. The summed E-state index contributed by atoms with van der Waals surface area (Å²) in [7, 11) is 0. The number of amides is 1. The van der Waals surface area contributed by atoms with Gasteiger partial charge in [-0.3, -0.25) is 9.80 Å². The van der Waals surface area contributed by atoms with Gasteiger partial charge in [0.2, 0.25) is 0 Å². The summed E-state index contributed by atoms with van der Waals surface area (Å²) >= 11 is 0. The molecular formula is C29H31F4N3O2. The zero-order valence-corrected chi connectivity index (χ0v) is 21.3. The van der Waals surface area contributed by atoms with Gasteiger partial charge in [-0.25, -0.2) is 4.39 Å². The summed E-state index contributed by atoms with van der Waals surface area (Å²) < 4.78 is 52.1. The van der Waals surface area contributed by atoms with Crippen molar-refractivity contribution in [1.82, 2.24) is 10.7 Å². The Bertz CT molecular complexity index is 1300. The molecular weight excluding hydrogens is 498 g/mol. The maximum atomic E-state index is 13.5. The molecule has 1 unspecified atom stereocenters. The van der Waals surface area contributed by atoms with Crippen molar-refractivity contribution in [3.63, 3.8) is 0 Å². The van der Waals surface area contributed by atoms with Crippen LogP contribution in [0.5, 0.6) is 0 Å². The average molecular weight is 530 g/mol. The van der Waals surface area contributed by atoms with Crippen LogP contribution in [0.3, 0.4) is 0 Å². The van der Waals surface area contributed by atoms with Gasteiger partial charge in [-0.2, -0.15) is 13.2 Å². The maximum absolute atomic E-state index is 13.5. The molecule has 1 saturated carbocycles. The van der Waals surface area contributed by atoms with E-state index in [1.54, 1.807) is 36.4 Å². The standard InChI is InChI=1S/C29H31F4N3O2/c1-18(29(31,32)33)16-34-26(37)24-6-4-3-5-19(24)11-12-28(38)15-20-13-27(28,2)14-21-17-35-36(25(20)21)23-9-7-22(30)8-10-23/h3-10,17-18,35,38H,11-16H2,1-2H3,(H,34,37)/t18?,27-,28+/m0/s1. The quantitative estimate of drug-likeness (QED) is 0.398. The Morgan fingerprint density at radius 1 is 1.13 bits per heavy atom. The van der Waals surface area contributed by atoms with Crippen molar-refractivity contribution in [1.29, 1.82) is 0 Å². The summed E-state index contributed by atoms with van der Waals surface area (Å²) in [6.07, 6.45) is 0.206. The largest absolute Gasteiger partial charge is 0.393 e. The lowest BCUT2D eigenvalue weighted by Crippen LogP contribution is -2.42. The highest BCUT2D eigenvalue weighted by atomic mass is 19.4. The van der Waals surface area contributed by atoms with Crippen LogP contribution in [0.25, 0.3) is 0 Å². The third kappa shape index (κ3) is 4.68. The summed E-state index contributed by atoms with van der Waals surface area (Å²) in [4.78, 5) is 12.8. The van der Waals surface area contributed by atoms with Crippen molar-refractivity contribution in [2.24, 2.45) is 11.3 Å². The number of hydrogen-bond acceptors (Lipinski definition) is 4. The monoisotopic (exact) mass is 529 g/mol. The zero-order chi connectivity index (χ0) is 27.3. The molecule has 3 aliphatic rings. The Morgan fingerprint density at radius 3 is 2.55 bits per heavy atom. The van der Waals surface area contributed by atoms with E-state index in [0.717, 1.165) is 29.5 Å². The van der Waals surface area contributed by atoms with Crippen LogP contribution in [0.2, 0.25) is 0 Å². The first kappa shape index (κ1) is 26.3. The van der Waals surface area contributed by atoms with Crippen LogP contribution in [0.4, 0.5) is 23.2 Å². The number of rotatable bonds is 7. The predicted molar refractivity (Wildman–Crippen MR) is 136 cm³/mol. The van der Waals surface area contributed by atoms with Crippen molar-refractivity contribution < 1.29 is 27.5 Å². The van der Waals surface area contributed by atoms with Crippen LogP contribution in [-0.2, 0) is 6.42 Å². The van der Waals surface area contributed by atoms with E-state index >= 15 is 0 Å². The van der Waals surface area contributed by atoms with E-state index in [1.165, 1.54) is 12.1 Å². The molecule has 0 radical (unpaired) electrons. The van der Waals surface area contributed by atoms with E-state index < -0.39 is 35.6 Å². The molecule has 2 aliphatic carbocycles. The number of halogens is 4. The normalized spacial score (nSPS) is 25.1. The number of nitrogens with zero attached hydrogens (tertiary/aromatic N) is 1. The second-order valence-corrected chi connectivity index (χ2v) is 11.0. The molecule has 1 aliphatic heterocycles. The molecule has 0 aromatic heterocycles. The Kier molecular flexibility index (Phi) is 6.54. The van der Waals surface area contributed by atoms with Gasteiger partial charge in [-0.1, -0.05) is 32.0 Å². The van der Waals surface area contributed by atoms with Crippen molar-refractivity contribution in [2.45, 2.75) is 57.7 Å². The second kappa shape index (κ2) is 9.45. The molecule has 3 atom stereocenters. The lowest BCUT2D eigenvalue weighted by atomic mass is 9.68. The highest BCUT2D eigenvalue weighted by molar-refractivity contribution is 5.95. The molecule has 202 valence electrons. The molecule has 0 saturated heterocycles. The van der Waals surface area contributed by atoms with Crippen LogP contribution in [-0.4, -0.2) is 29.3 Å². The molecule has 0 spiro atoms. The van der Waals surface area contributed by atoms with Crippen LogP contribution < -0.4 is 15.8 Å². The third-order valence-corrected chi connectivity index (χ3v) is 8.33. The van der Waals surface area contributed by atoms with Gasteiger partial charge in [0.15, 0.2) is 0 Å². The minimum atomic E-state index is -4.38. The van der Waals surface area contributed by atoms with E-state index in [0.29, 0.717) is 43.2 Å². The molecule has 5 nitrogen and oxygen atoms in total. The van der Waals surface area contributed by atoms with Crippen LogP contribution in [0.1, 0.15) is 55.5 Å². The fraction of sp³-hybridized carbons (Fsp3) is 0.414. The van der Waals surface area contributed by atoms with Crippen LogP contribution >= 0.6 is 0 Å². The van der Waals surface area contributed by atoms with E-state index in [1.807, 2.05) is 11.2 Å². The Balaban J connectivity index is 1.33. The first-order chi connectivity index (χ1) is 17.9. The zero-order valence-electron chi connectivity index (χ0n) is 21.3. The van der Waals surface area contributed by atoms with Crippen molar-refractivity contribution in [3.8, 4) is 0 Å². The SMILES string of the molecule is CC(CNC(=O)c1ccccc1CC[C@@]1(O)CC2=C3C(=CNN3c3ccc(F)cc3)C[C@]1(C)C2)C(F)(F)F. The van der Waals surface area contributed by atoms with E-state index in [2.05, 4.69) is 17.7 Å². The van der Waals surface area contributed by atoms with Gasteiger partial charge in [-0.05, 0) is 72.7 Å². The van der Waals surface area contributed by atoms with Crippen molar-refractivity contribution in [3.05, 3.63) is 88.5 Å². The first-order valence-electron chi connectivity index (χ1n) is 12.8. The van der Waals surface area contributed by atoms with E-state index in [4.69, 9.17) is 0 Å². The number of anilines is 1. The van der Waals surface area contributed by atoms with Gasteiger partial charge in [-0.15, -0.1) is 0 Å². The van der Waals surface area contributed by atoms with Crippen LogP contribution in [0, 0.1) is 17.2 Å². The smallest absolute Gasteiger partial charge is 0.389 e. The Hall–Kier alpha value is -3.33.